The topological polar surface area (TPSA) is 509 Å². The first kappa shape index (κ1) is 117. The van der Waals surface area contributed by atoms with Gasteiger partial charge in [0.05, 0.1) is 134 Å². The van der Waals surface area contributed by atoms with Crippen molar-refractivity contribution in [2.45, 2.75) is 87.3 Å². The van der Waals surface area contributed by atoms with Crippen molar-refractivity contribution in [1.29, 1.82) is 0 Å². The number of ether oxygens (including phenoxy) is 4. The number of carbonyl (C=O) groups excluding carboxylic acids is 6. The molecule has 1 aliphatic heterocycles. The third-order valence-corrected chi connectivity index (χ3v) is 23.3. The van der Waals surface area contributed by atoms with Gasteiger partial charge < -0.3 is 52.2 Å². The quantitative estimate of drug-likeness (QED) is 0.00829. The van der Waals surface area contributed by atoms with Crippen LogP contribution in [-0.2, 0) is 66.7 Å². The maximum absolute atomic E-state index is 14.3. The summed E-state index contributed by atoms with van der Waals surface area (Å²) in [5.74, 6) is -3.12. The second kappa shape index (κ2) is 57.1. The number of aliphatic hydroxyl groups is 1. The largest absolute Gasteiger partial charge is 1.00 e. The van der Waals surface area contributed by atoms with Crippen molar-refractivity contribution in [2.24, 2.45) is 5.73 Å². The molecular weight excluding hydrogens is 2060 g/mol. The summed E-state index contributed by atoms with van der Waals surface area (Å²) in [6.45, 7) is 6.97. The van der Waals surface area contributed by atoms with Gasteiger partial charge >= 0.3 is 41.5 Å². The molecule has 0 saturated carbocycles. The van der Waals surface area contributed by atoms with Crippen LogP contribution in [0.3, 0.4) is 0 Å². The predicted molar refractivity (Wildman–Crippen MR) is 533 cm³/mol. The molecule has 0 atom stereocenters. The minimum absolute atomic E-state index is 0. The predicted octanol–water partition coefficient (Wildman–Crippen LogP) is 20.3. The molecule has 1 aliphatic rings. The van der Waals surface area contributed by atoms with Gasteiger partial charge in [-0.15, -0.1) is 56.9 Å². The first-order valence-electron chi connectivity index (χ1n) is 40.4. The van der Waals surface area contributed by atoms with Gasteiger partial charge in [-0.2, -0.15) is 0 Å². The van der Waals surface area contributed by atoms with E-state index in [-0.39, 0.29) is 108 Å². The van der Waals surface area contributed by atoms with Gasteiger partial charge in [-0.05, 0) is 122 Å². The normalized spacial score (nSPS) is 10.8. The Balaban J connectivity index is 0.000000240. The van der Waals surface area contributed by atoms with E-state index >= 15 is 0 Å². The summed E-state index contributed by atoms with van der Waals surface area (Å²) in [6, 6.07) is 41.4. The Labute approximate surface area is 871 Å². The Hall–Kier alpha value is -14.3. The third-order valence-electron chi connectivity index (χ3n) is 18.4. The zero-order valence-electron chi connectivity index (χ0n) is 74.3. The number of Topliss-reactive ketones (excluding diaryl/α,β-unsaturated/α-hetero) is 1. The molecule has 1 fully saturated rings. The number of nitro benzene ring substituents is 4. The first-order valence-corrected chi connectivity index (χ1v) is 47.0. The number of nitro groups is 4. The summed E-state index contributed by atoms with van der Waals surface area (Å²) in [7, 11) is 11.7. The minimum Gasteiger partial charge on any atom is -0.793 e. The van der Waals surface area contributed by atoms with Crippen LogP contribution in [0.4, 0.5) is 40.3 Å². The molecule has 144 heavy (non-hydrogen) atoms. The smallest absolute Gasteiger partial charge is 0.793 e. The van der Waals surface area contributed by atoms with Crippen molar-refractivity contribution in [3.8, 4) is 88.3 Å². The number of pyridine rings is 8. The number of thiophene rings is 4. The monoisotopic (exact) mass is 2130 g/mol. The molecule has 12 aromatic heterocycles. The van der Waals surface area contributed by atoms with Crippen molar-refractivity contribution in [1.82, 2.24) is 44.8 Å². The van der Waals surface area contributed by atoms with E-state index in [1.165, 1.54) is 113 Å². The number of aldehydes is 1. The number of carbonyl (C=O) groups is 6. The molecule has 0 bridgehead atoms. The van der Waals surface area contributed by atoms with E-state index in [0.29, 0.717) is 120 Å². The van der Waals surface area contributed by atoms with Crippen LogP contribution in [0, 0.1) is 63.7 Å². The molecule has 3 radical (unpaired) electrons. The van der Waals surface area contributed by atoms with Crippen LogP contribution in [0.15, 0.2) is 219 Å². The second-order valence-electron chi connectivity index (χ2n) is 28.4. The molecule has 4 aromatic carbocycles. The molecule has 51 heteroatoms. The van der Waals surface area contributed by atoms with Gasteiger partial charge in [0, 0.05) is 178 Å². The first-order chi connectivity index (χ1) is 67.5. The van der Waals surface area contributed by atoms with Crippen molar-refractivity contribution in [2.75, 3.05) is 13.1 Å². The number of nitrogens with zero attached hydrogens (tertiary/aromatic N) is 13. The van der Waals surface area contributed by atoms with E-state index in [4.69, 9.17) is 45.6 Å². The molecule has 1 amide bonds. The maximum Gasteiger partial charge on any atom is 1.00 e. The molecule has 0 unspecified atom stereocenters. The molecule has 1 saturated heterocycles. The number of fused-ring (bicyclic) bond motifs is 4. The Kier molecular flexibility index (Phi) is 46.2. The van der Waals surface area contributed by atoms with Crippen LogP contribution in [0.5, 0.6) is 46.0 Å². The zero-order valence-corrected chi connectivity index (χ0v) is 82.7. The van der Waals surface area contributed by atoms with E-state index in [1.807, 2.05) is 53.4 Å². The molecule has 37 nitrogen and oxygen atoms in total. The van der Waals surface area contributed by atoms with E-state index in [2.05, 4.69) is 83.7 Å². The SMILES string of the molecule is C.C.CC(=O)CCCN.CC(=O)OOC(C)=O.O=C1CCCN1Cc1ccc(-c2cc3nccc(Oc4ccc([N+](=O)[O-])cc4F)c3s2)nc1.O=Cc1ccc(-c2cc3nccc(Oc4ccc([N+](=O)[O-])cc4F)c3s2)nc1.O=S(Cl)Cl.O=[N+]([O-])c1ccc(Oc2ccnc3cc(-c4ccc(CCl)cn4)sc23)c(F)c1.O=[N+]([O-])c1ccc(Oc2ccnc3cc(-c4ccc(CO)cn4)sc23)c(F)c1.[B-]OC(C)=O.[Na+]. The van der Waals surface area contributed by atoms with Gasteiger partial charge in [-0.25, -0.2) is 41.1 Å². The van der Waals surface area contributed by atoms with E-state index < -0.39 is 70.1 Å². The fourth-order valence-electron chi connectivity index (χ4n) is 11.9. The summed E-state index contributed by atoms with van der Waals surface area (Å²) in [4.78, 5) is 150. The van der Waals surface area contributed by atoms with Gasteiger partial charge in [-0.3, -0.25) is 94.7 Å². The minimum atomic E-state index is -1.67. The number of likely N-dealkylation sites (tertiary alicyclic amines) is 1. The molecule has 17 rings (SSSR count). The van der Waals surface area contributed by atoms with Gasteiger partial charge in [0.1, 0.15) is 28.8 Å². The number of aliphatic hydroxyl groups excluding tert-OH is 1. The molecule has 741 valence electrons. The fourth-order valence-corrected chi connectivity index (χ4v) is 16.2. The molecule has 0 aliphatic carbocycles. The summed E-state index contributed by atoms with van der Waals surface area (Å²) in [5, 5.41) is 52.2. The van der Waals surface area contributed by atoms with E-state index in [9.17, 15) is 86.8 Å². The zero-order chi connectivity index (χ0) is 102. The van der Waals surface area contributed by atoms with Crippen molar-refractivity contribution in [3.63, 3.8) is 0 Å². The van der Waals surface area contributed by atoms with Crippen LogP contribution in [0.25, 0.3) is 83.2 Å². The maximum atomic E-state index is 14.3. The van der Waals surface area contributed by atoms with Gasteiger partial charge in [0.25, 0.3) is 22.7 Å². The fraction of sp³-hybridized carbons (Fsp3) is 0.161. The number of nitrogens with two attached hydrogens (primary N) is 1. The second-order valence-corrected chi connectivity index (χ2v) is 35.4. The third kappa shape index (κ3) is 34.2. The van der Waals surface area contributed by atoms with E-state index in [0.717, 1.165) is 104 Å². The number of non-ortho nitro benzene ring substituents is 4. The molecule has 16 aromatic rings. The molecule has 0 spiro atoms. The number of benzene rings is 4. The Morgan fingerprint density at radius 1 is 0.479 bits per heavy atom. The number of hydrogen-bond acceptors (Lipinski definition) is 36. The van der Waals surface area contributed by atoms with Gasteiger partial charge in [0.2, 0.25) is 21.1 Å². The van der Waals surface area contributed by atoms with Crippen LogP contribution < -0.4 is 54.2 Å². The Morgan fingerprint density at radius 2 is 0.785 bits per heavy atom. The number of rotatable bonds is 24. The average Bonchev–Trinajstić information content (AvgIpc) is 1.66. The Bertz CT molecular complexity index is 7060. The average molecular weight is 2140 g/mol. The van der Waals surface area contributed by atoms with Crippen molar-refractivity contribution < 1.29 is 138 Å². The molecule has 13 heterocycles. The number of alkyl halides is 1. The van der Waals surface area contributed by atoms with Crippen molar-refractivity contribution >= 4 is 195 Å². The van der Waals surface area contributed by atoms with Gasteiger partial charge in [0.15, 0.2) is 52.6 Å². The number of aromatic nitrogens is 8. The number of halogens is 7. The summed E-state index contributed by atoms with van der Waals surface area (Å²) in [6.07, 6.45) is 16.4. The summed E-state index contributed by atoms with van der Waals surface area (Å²) in [5.41, 5.74) is 12.4. The van der Waals surface area contributed by atoms with Crippen LogP contribution >= 0.6 is 78.3 Å². The number of amides is 1. The molecule has 3 N–H and O–H groups in total. The Morgan fingerprint density at radius 3 is 1.01 bits per heavy atom. The van der Waals surface area contributed by atoms with Crippen LogP contribution in [0.1, 0.15) is 95.3 Å². The number of hydrogen-bond donors (Lipinski definition) is 2. The number of ketones is 1. The van der Waals surface area contributed by atoms with Gasteiger partial charge in [-0.1, -0.05) is 33.1 Å². The summed E-state index contributed by atoms with van der Waals surface area (Å²) >= 11 is 11.3. The van der Waals surface area contributed by atoms with Crippen molar-refractivity contribution in [3.05, 3.63) is 305 Å². The molecular formula is C93H78BCl3F4N14NaO23S5. The van der Waals surface area contributed by atoms with Crippen LogP contribution in [0.2, 0.25) is 0 Å². The summed E-state index contributed by atoms with van der Waals surface area (Å²) < 4.78 is 95.0. The van der Waals surface area contributed by atoms with E-state index in [1.54, 1.807) is 92.6 Å². The van der Waals surface area contributed by atoms with Crippen LogP contribution in [-0.4, -0.2) is 131 Å². The standard InChI is InChI=1S/C23H17FN4O4S.C19H11ClFN3O3S.C19H12FN3O4S.C19H10FN3O4S.C5H11NO.C4H6O4.C2H3BO2.2CH4.Cl2OS.Na/c24-16-10-15(28(30)31)4-6-19(16)32-20-7-8-25-18-11-21(33-23(18)20)17-5-3-14(12-26-17)13-27-9-1-2-22(27)29;20-9-11-1-3-14(23-10-11)18-8-15-19(28-18)17(5-6-22-15)27-16-4-2-12(24(25)26)7-13(16)21;2*20-13-7-12(23(25)26)2-4-16(13)27-17-5-6-21-15-8-18(28-19(15)17)14-3-1-11(10-24)9-22-14;1-5(7)3-2-4-6;1-3(5)7-8-4(2)6;1-2(4)5-3;;;1-4(2)3;/h3-8,10-12H,1-2,9,13H2;1-8,10H,9H2;1-9,24H,10H2;1-10H;2-4,6H2,1H3;1-2H3;1H3;2*1H4;;/q;;;;;;-1;;;;+1.